The Balaban J connectivity index is 1.23. The summed E-state index contributed by atoms with van der Waals surface area (Å²) < 4.78 is 19.3. The fourth-order valence-electron chi connectivity index (χ4n) is 5.44. The predicted octanol–water partition coefficient (Wildman–Crippen LogP) is 2.50. The van der Waals surface area contributed by atoms with Gasteiger partial charge in [-0.05, 0) is 50.8 Å². The van der Waals surface area contributed by atoms with Crippen LogP contribution in [0.5, 0.6) is 5.75 Å². The van der Waals surface area contributed by atoms with Gasteiger partial charge in [0.2, 0.25) is 11.8 Å². The van der Waals surface area contributed by atoms with Crippen molar-refractivity contribution in [1.29, 1.82) is 0 Å². The van der Waals surface area contributed by atoms with E-state index in [1.54, 1.807) is 41.0 Å². The minimum Gasteiger partial charge on any atom is -0.490 e. The first kappa shape index (κ1) is 26.2. The molecule has 3 aliphatic rings. The molecule has 3 aliphatic heterocycles. The summed E-state index contributed by atoms with van der Waals surface area (Å²) in [4.78, 5) is 40.5. The van der Waals surface area contributed by atoms with Crippen LogP contribution in [0.2, 0.25) is 0 Å². The first-order chi connectivity index (χ1) is 18.3. The number of ether oxygens (including phenoxy) is 3. The van der Waals surface area contributed by atoms with Gasteiger partial charge in [0, 0.05) is 45.1 Å². The maximum absolute atomic E-state index is 13.5. The summed E-state index contributed by atoms with van der Waals surface area (Å²) in [5.74, 6) is -0.0377. The number of benzene rings is 1. The summed E-state index contributed by atoms with van der Waals surface area (Å²) in [6.45, 7) is 3.26. The van der Waals surface area contributed by atoms with Crippen LogP contribution in [0.4, 0.5) is 11.4 Å². The summed E-state index contributed by atoms with van der Waals surface area (Å²) >= 11 is 0. The second kappa shape index (κ2) is 11.1. The van der Waals surface area contributed by atoms with Gasteiger partial charge in [0.15, 0.2) is 0 Å². The molecule has 0 saturated carbocycles. The van der Waals surface area contributed by atoms with Crippen LogP contribution in [0.25, 0.3) is 0 Å². The van der Waals surface area contributed by atoms with Crippen molar-refractivity contribution >= 4 is 29.1 Å². The molecule has 11 nitrogen and oxygen atoms in total. The summed E-state index contributed by atoms with van der Waals surface area (Å²) in [5, 5.41) is 10.1. The van der Waals surface area contributed by atoms with Gasteiger partial charge < -0.3 is 29.7 Å². The molecule has 1 aromatic heterocycles. The number of carbonyl (C=O) groups excluding carboxylic acids is 3. The largest absolute Gasteiger partial charge is 0.490 e. The van der Waals surface area contributed by atoms with Crippen LogP contribution in [0.1, 0.15) is 48.2 Å². The number of aryl methyl sites for hydroxylation is 2. The van der Waals surface area contributed by atoms with Crippen LogP contribution >= 0.6 is 0 Å². The highest BCUT2D eigenvalue weighted by Gasteiger charge is 2.39. The molecule has 204 valence electrons. The Hall–Kier alpha value is -3.44. The zero-order valence-corrected chi connectivity index (χ0v) is 22.1. The lowest BCUT2D eigenvalue weighted by Crippen LogP contribution is -2.53. The zero-order chi connectivity index (χ0) is 26.8. The van der Waals surface area contributed by atoms with Gasteiger partial charge in [0.05, 0.1) is 35.5 Å². The third-order valence-electron chi connectivity index (χ3n) is 7.57. The SMILES string of the molecule is Cc1nn(C)cc1NC(=O)C[C@@H]1CC[C@@H]2[C@@H](COc3ccc(NC(=O)C4CCOCC4)cc3C(=O)N2C)O1. The quantitative estimate of drug-likeness (QED) is 0.615. The molecular weight excluding hydrogens is 490 g/mol. The molecule has 11 heteroatoms. The van der Waals surface area contributed by atoms with E-state index in [0.717, 1.165) is 5.69 Å². The van der Waals surface area contributed by atoms with Gasteiger partial charge in [0.1, 0.15) is 18.5 Å². The number of rotatable bonds is 5. The number of hydrogen-bond acceptors (Lipinski definition) is 7. The van der Waals surface area contributed by atoms with E-state index in [-0.39, 0.29) is 54.9 Å². The molecule has 4 heterocycles. The van der Waals surface area contributed by atoms with E-state index >= 15 is 0 Å². The van der Waals surface area contributed by atoms with Crippen LogP contribution in [-0.2, 0) is 26.1 Å². The van der Waals surface area contributed by atoms with Crippen molar-refractivity contribution in [3.05, 3.63) is 35.7 Å². The maximum atomic E-state index is 13.5. The van der Waals surface area contributed by atoms with Gasteiger partial charge in [-0.2, -0.15) is 5.10 Å². The predicted molar refractivity (Wildman–Crippen MR) is 139 cm³/mol. The van der Waals surface area contributed by atoms with Crippen molar-refractivity contribution in [3.8, 4) is 5.75 Å². The van der Waals surface area contributed by atoms with Crippen molar-refractivity contribution in [2.24, 2.45) is 13.0 Å². The van der Waals surface area contributed by atoms with Gasteiger partial charge in [-0.1, -0.05) is 0 Å². The molecule has 0 unspecified atom stereocenters. The standard InChI is InChI=1S/C27H35N5O6/c1-16-21(14-31(2)30-16)29-25(33)13-19-5-6-22-24(38-19)15-37-23-7-4-18(12-20(23)27(35)32(22)3)28-26(34)17-8-10-36-11-9-17/h4,7,12,14,17,19,22,24H,5-6,8-11,13,15H2,1-3H3,(H,28,34)(H,29,33)/t19-,22+,24+/m0/s1. The molecule has 0 bridgehead atoms. The first-order valence-corrected chi connectivity index (χ1v) is 13.2. The van der Waals surface area contributed by atoms with E-state index in [4.69, 9.17) is 14.2 Å². The Morgan fingerprint density at radius 2 is 1.89 bits per heavy atom. The number of likely N-dealkylation sites (N-methyl/N-ethyl adjacent to an activating group) is 1. The van der Waals surface area contributed by atoms with Crippen LogP contribution < -0.4 is 15.4 Å². The summed E-state index contributed by atoms with van der Waals surface area (Å²) in [6, 6.07) is 4.96. The molecule has 0 radical (unpaired) electrons. The van der Waals surface area contributed by atoms with Crippen molar-refractivity contribution in [2.45, 2.75) is 57.3 Å². The minimum atomic E-state index is -0.364. The number of anilines is 2. The van der Waals surface area contributed by atoms with E-state index in [0.29, 0.717) is 61.6 Å². The molecule has 2 saturated heterocycles. The number of fused-ring (bicyclic) bond motifs is 2. The third kappa shape index (κ3) is 5.68. The lowest BCUT2D eigenvalue weighted by molar-refractivity contribution is -0.130. The number of amides is 3. The molecular formula is C27H35N5O6. The van der Waals surface area contributed by atoms with Gasteiger partial charge >= 0.3 is 0 Å². The van der Waals surface area contributed by atoms with Crippen molar-refractivity contribution in [2.75, 3.05) is 37.5 Å². The van der Waals surface area contributed by atoms with E-state index in [1.165, 1.54) is 0 Å². The lowest BCUT2D eigenvalue weighted by atomic mass is 9.94. The molecule has 5 rings (SSSR count). The lowest BCUT2D eigenvalue weighted by Gasteiger charge is -2.42. The Morgan fingerprint density at radius 1 is 1.11 bits per heavy atom. The average molecular weight is 526 g/mol. The number of aromatic nitrogens is 2. The fraction of sp³-hybridized carbons (Fsp3) is 0.556. The second-order valence-corrected chi connectivity index (χ2v) is 10.3. The first-order valence-electron chi connectivity index (χ1n) is 13.2. The Bertz CT molecular complexity index is 1210. The number of carbonyl (C=O) groups is 3. The summed E-state index contributed by atoms with van der Waals surface area (Å²) in [7, 11) is 3.58. The smallest absolute Gasteiger partial charge is 0.257 e. The van der Waals surface area contributed by atoms with E-state index in [1.807, 2.05) is 14.0 Å². The molecule has 2 fully saturated rings. The van der Waals surface area contributed by atoms with Crippen LogP contribution in [0, 0.1) is 12.8 Å². The van der Waals surface area contributed by atoms with E-state index in [9.17, 15) is 14.4 Å². The molecule has 2 N–H and O–H groups in total. The van der Waals surface area contributed by atoms with Crippen molar-refractivity contribution < 1.29 is 28.6 Å². The van der Waals surface area contributed by atoms with Crippen molar-refractivity contribution in [3.63, 3.8) is 0 Å². The maximum Gasteiger partial charge on any atom is 0.257 e. The van der Waals surface area contributed by atoms with Crippen molar-refractivity contribution in [1.82, 2.24) is 14.7 Å². The fourth-order valence-corrected chi connectivity index (χ4v) is 5.44. The second-order valence-electron chi connectivity index (χ2n) is 10.3. The molecule has 0 spiro atoms. The van der Waals surface area contributed by atoms with Crippen LogP contribution in [0.15, 0.2) is 24.4 Å². The highest BCUT2D eigenvalue weighted by atomic mass is 16.5. The van der Waals surface area contributed by atoms with Gasteiger partial charge in [0.25, 0.3) is 5.91 Å². The van der Waals surface area contributed by atoms with Gasteiger partial charge in [-0.15, -0.1) is 0 Å². The van der Waals surface area contributed by atoms with Crippen LogP contribution in [-0.4, -0.2) is 77.5 Å². The molecule has 38 heavy (non-hydrogen) atoms. The number of nitrogens with one attached hydrogen (secondary N) is 2. The normalized spacial score (nSPS) is 23.9. The summed E-state index contributed by atoms with van der Waals surface area (Å²) in [5.41, 5.74) is 2.41. The molecule has 3 atom stereocenters. The number of nitrogens with zero attached hydrogens (tertiary/aromatic N) is 3. The van der Waals surface area contributed by atoms with Gasteiger partial charge in [-0.3, -0.25) is 19.1 Å². The summed E-state index contributed by atoms with van der Waals surface area (Å²) in [6.07, 6.45) is 4.06. The third-order valence-corrected chi connectivity index (χ3v) is 7.57. The minimum absolute atomic E-state index is 0.0599. The highest BCUT2D eigenvalue weighted by molar-refractivity contribution is 6.00. The molecule has 0 aliphatic carbocycles. The topological polar surface area (TPSA) is 124 Å². The van der Waals surface area contributed by atoms with E-state index < -0.39 is 0 Å². The monoisotopic (exact) mass is 525 g/mol. The average Bonchev–Trinajstić information content (AvgIpc) is 3.22. The Labute approximate surface area is 221 Å². The Morgan fingerprint density at radius 3 is 2.63 bits per heavy atom. The van der Waals surface area contributed by atoms with Crippen LogP contribution in [0.3, 0.4) is 0 Å². The van der Waals surface area contributed by atoms with Gasteiger partial charge in [-0.25, -0.2) is 0 Å². The molecule has 1 aromatic carbocycles. The molecule has 2 aromatic rings. The van der Waals surface area contributed by atoms with E-state index in [2.05, 4.69) is 15.7 Å². The highest BCUT2D eigenvalue weighted by Crippen LogP contribution is 2.33. The Kier molecular flexibility index (Phi) is 7.66. The number of hydrogen-bond donors (Lipinski definition) is 2. The zero-order valence-electron chi connectivity index (χ0n) is 22.1. The molecule has 3 amide bonds.